The fourth-order valence-electron chi connectivity index (χ4n) is 3.69. The van der Waals surface area contributed by atoms with E-state index >= 15 is 0 Å². The van der Waals surface area contributed by atoms with Gasteiger partial charge in [0, 0.05) is 41.3 Å². The van der Waals surface area contributed by atoms with Crippen LogP contribution in [0.15, 0.2) is 36.4 Å². The standard InChI is InChI=1S/C21H20ClN3O3/c1-12-5-6-13(9-16(12)22)10-23-17-4-2-3-14-15(17)11-25(21(14)28)18-7-8-19(26)24-20(18)27/h2-6,9,18,23H,7-8,10-11H2,1H3,(H,24,26,27)/t18-/m1/s1. The lowest BCUT2D eigenvalue weighted by Crippen LogP contribution is -2.52. The number of carbonyl (C=O) groups is 3. The molecule has 144 valence electrons. The van der Waals surface area contributed by atoms with Crippen LogP contribution in [0.2, 0.25) is 5.02 Å². The second-order valence-corrected chi connectivity index (χ2v) is 7.58. The van der Waals surface area contributed by atoms with Crippen molar-refractivity contribution in [1.82, 2.24) is 10.2 Å². The van der Waals surface area contributed by atoms with Crippen molar-refractivity contribution < 1.29 is 14.4 Å². The number of fused-ring (bicyclic) bond motifs is 1. The molecule has 2 heterocycles. The Labute approximate surface area is 167 Å². The maximum atomic E-state index is 12.8. The Kier molecular flexibility index (Phi) is 4.81. The Morgan fingerprint density at radius 3 is 2.79 bits per heavy atom. The molecule has 0 aromatic heterocycles. The Bertz CT molecular complexity index is 989. The Morgan fingerprint density at radius 1 is 1.21 bits per heavy atom. The summed E-state index contributed by atoms with van der Waals surface area (Å²) < 4.78 is 0. The molecule has 2 aromatic carbocycles. The number of hydrogen-bond donors (Lipinski definition) is 2. The summed E-state index contributed by atoms with van der Waals surface area (Å²) in [4.78, 5) is 38.0. The zero-order valence-corrected chi connectivity index (χ0v) is 16.2. The molecule has 0 unspecified atom stereocenters. The Morgan fingerprint density at radius 2 is 2.04 bits per heavy atom. The first-order valence-corrected chi connectivity index (χ1v) is 9.57. The molecule has 7 heteroatoms. The molecule has 2 aliphatic heterocycles. The molecule has 0 radical (unpaired) electrons. The highest BCUT2D eigenvalue weighted by molar-refractivity contribution is 6.31. The molecule has 3 amide bonds. The molecule has 0 spiro atoms. The molecular weight excluding hydrogens is 378 g/mol. The van der Waals surface area contributed by atoms with Gasteiger partial charge in [-0.2, -0.15) is 0 Å². The lowest BCUT2D eigenvalue weighted by molar-refractivity contribution is -0.136. The molecule has 1 fully saturated rings. The summed E-state index contributed by atoms with van der Waals surface area (Å²) in [5, 5.41) is 6.42. The number of aryl methyl sites for hydroxylation is 1. The van der Waals surface area contributed by atoms with E-state index in [-0.39, 0.29) is 18.2 Å². The van der Waals surface area contributed by atoms with Gasteiger partial charge in [0.05, 0.1) is 0 Å². The predicted octanol–water partition coefficient (Wildman–Crippen LogP) is 3.02. The number of piperidine rings is 1. The van der Waals surface area contributed by atoms with Gasteiger partial charge in [0.2, 0.25) is 11.8 Å². The lowest BCUT2D eigenvalue weighted by atomic mass is 10.0. The molecule has 0 saturated carbocycles. The lowest BCUT2D eigenvalue weighted by Gasteiger charge is -2.29. The van der Waals surface area contributed by atoms with Crippen LogP contribution >= 0.6 is 11.6 Å². The van der Waals surface area contributed by atoms with Crippen molar-refractivity contribution in [2.75, 3.05) is 5.32 Å². The van der Waals surface area contributed by atoms with Gasteiger partial charge in [0.25, 0.3) is 5.91 Å². The minimum Gasteiger partial charge on any atom is -0.381 e. The van der Waals surface area contributed by atoms with Gasteiger partial charge in [-0.05, 0) is 42.7 Å². The van der Waals surface area contributed by atoms with E-state index in [1.54, 1.807) is 11.0 Å². The topological polar surface area (TPSA) is 78.5 Å². The summed E-state index contributed by atoms with van der Waals surface area (Å²) in [5.74, 6) is -0.864. The van der Waals surface area contributed by atoms with Crippen LogP contribution in [0, 0.1) is 6.92 Å². The van der Waals surface area contributed by atoms with E-state index in [0.717, 1.165) is 27.4 Å². The monoisotopic (exact) mass is 397 g/mol. The number of anilines is 1. The van der Waals surface area contributed by atoms with E-state index in [0.29, 0.717) is 25.1 Å². The van der Waals surface area contributed by atoms with E-state index in [4.69, 9.17) is 11.6 Å². The normalized spacial score (nSPS) is 18.9. The van der Waals surface area contributed by atoms with Crippen LogP contribution in [0.5, 0.6) is 0 Å². The first kappa shape index (κ1) is 18.5. The van der Waals surface area contributed by atoms with Crippen LogP contribution in [0.3, 0.4) is 0 Å². The van der Waals surface area contributed by atoms with Gasteiger partial charge in [0.15, 0.2) is 0 Å². The molecule has 4 rings (SSSR count). The predicted molar refractivity (Wildman–Crippen MR) is 106 cm³/mol. The van der Waals surface area contributed by atoms with Gasteiger partial charge in [-0.15, -0.1) is 0 Å². The third kappa shape index (κ3) is 3.36. The van der Waals surface area contributed by atoms with Crippen molar-refractivity contribution in [3.8, 4) is 0 Å². The highest BCUT2D eigenvalue weighted by Crippen LogP contribution is 2.32. The molecule has 0 aliphatic carbocycles. The summed E-state index contributed by atoms with van der Waals surface area (Å²) in [6, 6.07) is 10.8. The van der Waals surface area contributed by atoms with Crippen LogP contribution in [-0.4, -0.2) is 28.7 Å². The smallest absolute Gasteiger partial charge is 0.255 e. The number of amides is 3. The number of rotatable bonds is 4. The Hall–Kier alpha value is -2.86. The maximum Gasteiger partial charge on any atom is 0.255 e. The van der Waals surface area contributed by atoms with Crippen LogP contribution < -0.4 is 10.6 Å². The molecule has 6 nitrogen and oxygen atoms in total. The van der Waals surface area contributed by atoms with Gasteiger partial charge < -0.3 is 10.2 Å². The van der Waals surface area contributed by atoms with Crippen LogP contribution in [0.1, 0.15) is 39.9 Å². The third-order valence-corrected chi connectivity index (χ3v) is 5.71. The number of nitrogens with zero attached hydrogens (tertiary/aromatic N) is 1. The number of nitrogens with one attached hydrogen (secondary N) is 2. The maximum absolute atomic E-state index is 12.8. The average molecular weight is 398 g/mol. The molecule has 2 N–H and O–H groups in total. The zero-order chi connectivity index (χ0) is 19.8. The molecule has 28 heavy (non-hydrogen) atoms. The van der Waals surface area contributed by atoms with Crippen molar-refractivity contribution in [3.05, 3.63) is 63.7 Å². The number of carbonyl (C=O) groups excluding carboxylic acids is 3. The summed E-state index contributed by atoms with van der Waals surface area (Å²) in [5.41, 5.74) is 4.39. The van der Waals surface area contributed by atoms with E-state index in [1.165, 1.54) is 0 Å². The summed E-state index contributed by atoms with van der Waals surface area (Å²) in [6.07, 6.45) is 0.602. The largest absolute Gasteiger partial charge is 0.381 e. The third-order valence-electron chi connectivity index (χ3n) is 5.30. The first-order chi connectivity index (χ1) is 13.4. The number of halogens is 1. The van der Waals surface area contributed by atoms with Crippen molar-refractivity contribution in [2.45, 2.75) is 38.9 Å². The van der Waals surface area contributed by atoms with Crippen molar-refractivity contribution >= 4 is 35.0 Å². The van der Waals surface area contributed by atoms with Crippen LogP contribution in [0.25, 0.3) is 0 Å². The highest BCUT2D eigenvalue weighted by atomic mass is 35.5. The zero-order valence-electron chi connectivity index (χ0n) is 15.4. The average Bonchev–Trinajstić information content (AvgIpc) is 3.00. The van der Waals surface area contributed by atoms with Gasteiger partial charge in [-0.25, -0.2) is 0 Å². The summed E-state index contributed by atoms with van der Waals surface area (Å²) >= 11 is 6.20. The SMILES string of the molecule is Cc1ccc(CNc2cccc3c2CN([C@@H]2CCC(=O)NC2=O)C3=O)cc1Cl. The van der Waals surface area contributed by atoms with Crippen LogP contribution in [0.4, 0.5) is 5.69 Å². The van der Waals surface area contributed by atoms with E-state index in [2.05, 4.69) is 10.6 Å². The summed E-state index contributed by atoms with van der Waals surface area (Å²) in [7, 11) is 0. The Balaban J connectivity index is 1.53. The fourth-order valence-corrected chi connectivity index (χ4v) is 3.90. The molecular formula is C21H20ClN3O3. The van der Waals surface area contributed by atoms with Gasteiger partial charge in [0.1, 0.15) is 6.04 Å². The van der Waals surface area contributed by atoms with Crippen molar-refractivity contribution in [1.29, 1.82) is 0 Å². The second kappa shape index (κ2) is 7.28. The quantitative estimate of drug-likeness (QED) is 0.777. The fraction of sp³-hybridized carbons (Fsp3) is 0.286. The molecule has 0 bridgehead atoms. The molecule has 2 aromatic rings. The van der Waals surface area contributed by atoms with E-state index in [1.807, 2.05) is 37.3 Å². The molecule has 1 saturated heterocycles. The first-order valence-electron chi connectivity index (χ1n) is 9.19. The number of benzene rings is 2. The minimum atomic E-state index is -0.610. The van der Waals surface area contributed by atoms with Crippen LogP contribution in [-0.2, 0) is 22.7 Å². The van der Waals surface area contributed by atoms with E-state index in [9.17, 15) is 14.4 Å². The van der Waals surface area contributed by atoms with Gasteiger partial charge in [-0.3, -0.25) is 19.7 Å². The van der Waals surface area contributed by atoms with Gasteiger partial charge in [-0.1, -0.05) is 29.8 Å². The molecule has 1 atom stereocenters. The van der Waals surface area contributed by atoms with E-state index < -0.39 is 11.9 Å². The summed E-state index contributed by atoms with van der Waals surface area (Å²) in [6.45, 7) is 2.88. The second-order valence-electron chi connectivity index (χ2n) is 7.17. The van der Waals surface area contributed by atoms with Crippen molar-refractivity contribution in [3.63, 3.8) is 0 Å². The highest BCUT2D eigenvalue weighted by Gasteiger charge is 2.39. The van der Waals surface area contributed by atoms with Gasteiger partial charge >= 0.3 is 0 Å². The number of imide groups is 1. The minimum absolute atomic E-state index is 0.175. The van der Waals surface area contributed by atoms with Crippen molar-refractivity contribution in [2.24, 2.45) is 0 Å². The number of hydrogen-bond acceptors (Lipinski definition) is 4. The molecule has 2 aliphatic rings.